The topological polar surface area (TPSA) is 42.2 Å². The Bertz CT molecular complexity index is 552. The number of carboxylic acid groups (broad SMARTS) is 1. The summed E-state index contributed by atoms with van der Waals surface area (Å²) >= 11 is 0. The van der Waals surface area contributed by atoms with E-state index in [4.69, 9.17) is 5.11 Å². The third-order valence-electron chi connectivity index (χ3n) is 2.66. The van der Waals surface area contributed by atoms with Gasteiger partial charge in [-0.2, -0.15) is 0 Å². The number of hydrogen-bond acceptors (Lipinski definition) is 1. The lowest BCUT2D eigenvalue weighted by Crippen LogP contribution is -2.30. The van der Waals surface area contributed by atoms with Gasteiger partial charge in [0.05, 0.1) is 5.56 Å². The molecule has 2 aromatic rings. The van der Waals surface area contributed by atoms with E-state index >= 15 is 0 Å². The van der Waals surface area contributed by atoms with Crippen molar-refractivity contribution in [3.05, 3.63) is 36.0 Å². The molecule has 0 saturated heterocycles. The Hall–Kier alpha value is -1.55. The van der Waals surface area contributed by atoms with Crippen LogP contribution in [0.15, 0.2) is 30.5 Å². The number of fused-ring (bicyclic) bond motifs is 1. The smallest absolute Gasteiger partial charge is 0.335 e. The Balaban J connectivity index is 2.64. The van der Waals surface area contributed by atoms with E-state index in [0.29, 0.717) is 5.56 Å². The van der Waals surface area contributed by atoms with Gasteiger partial charge in [-0.05, 0) is 35.8 Å². The summed E-state index contributed by atoms with van der Waals surface area (Å²) < 4.78 is 2.29. The molecule has 1 heterocycles. The van der Waals surface area contributed by atoms with Gasteiger partial charge in [-0.3, -0.25) is 0 Å². The number of rotatable bonds is 2. The normalized spacial score (nSPS) is 11.9. The Morgan fingerprint density at radius 2 is 1.94 bits per heavy atom. The molecule has 0 atom stereocenters. The van der Waals surface area contributed by atoms with Crippen molar-refractivity contribution in [2.45, 2.75) is 19.6 Å². The van der Waals surface area contributed by atoms with Crippen molar-refractivity contribution in [1.29, 1.82) is 0 Å². The molecule has 0 fully saturated rings. The molecular formula is C12H15NO2Si. The second-order valence-corrected chi connectivity index (χ2v) is 9.76. The van der Waals surface area contributed by atoms with Gasteiger partial charge in [0.1, 0.15) is 0 Å². The average molecular weight is 233 g/mol. The highest BCUT2D eigenvalue weighted by molar-refractivity contribution is 6.75. The van der Waals surface area contributed by atoms with Crippen LogP contribution in [0.25, 0.3) is 10.9 Å². The number of hydrogen-bond donors (Lipinski definition) is 1. The monoisotopic (exact) mass is 233 g/mol. The van der Waals surface area contributed by atoms with Gasteiger partial charge in [-0.25, -0.2) is 4.79 Å². The SMILES string of the molecule is C[Si](C)(C)n1ccc2cc(C(=O)O)ccc21. The largest absolute Gasteiger partial charge is 0.478 e. The molecule has 16 heavy (non-hydrogen) atoms. The summed E-state index contributed by atoms with van der Waals surface area (Å²) in [6, 6.07) is 7.28. The summed E-state index contributed by atoms with van der Waals surface area (Å²) in [7, 11) is -1.42. The number of carboxylic acids is 1. The summed E-state index contributed by atoms with van der Waals surface area (Å²) in [5, 5.41) is 9.91. The number of aromatic carboxylic acids is 1. The van der Waals surface area contributed by atoms with Crippen LogP contribution in [0.4, 0.5) is 0 Å². The Morgan fingerprint density at radius 3 is 2.50 bits per heavy atom. The van der Waals surface area contributed by atoms with Gasteiger partial charge in [0, 0.05) is 5.52 Å². The van der Waals surface area contributed by atoms with Crippen LogP contribution in [0.1, 0.15) is 10.4 Å². The average Bonchev–Trinajstić information content (AvgIpc) is 2.58. The lowest BCUT2D eigenvalue weighted by molar-refractivity contribution is 0.0697. The molecule has 0 saturated carbocycles. The molecule has 0 bridgehead atoms. The number of nitrogens with zero attached hydrogens (tertiary/aromatic N) is 1. The molecule has 0 unspecified atom stereocenters. The summed E-state index contributed by atoms with van der Waals surface area (Å²) in [6.45, 7) is 6.78. The first-order chi connectivity index (χ1) is 7.39. The molecule has 4 heteroatoms. The van der Waals surface area contributed by atoms with Gasteiger partial charge in [-0.15, -0.1) is 0 Å². The van der Waals surface area contributed by atoms with Crippen LogP contribution in [-0.2, 0) is 0 Å². The molecule has 0 spiro atoms. The van der Waals surface area contributed by atoms with Gasteiger partial charge in [0.25, 0.3) is 0 Å². The minimum Gasteiger partial charge on any atom is -0.478 e. The van der Waals surface area contributed by atoms with E-state index < -0.39 is 14.2 Å². The van der Waals surface area contributed by atoms with E-state index in [0.717, 1.165) is 10.9 Å². The maximum atomic E-state index is 10.9. The molecule has 0 aliphatic carbocycles. The van der Waals surface area contributed by atoms with E-state index in [-0.39, 0.29) is 0 Å². The van der Waals surface area contributed by atoms with E-state index in [1.54, 1.807) is 12.1 Å². The van der Waals surface area contributed by atoms with E-state index in [1.165, 1.54) is 0 Å². The Kier molecular flexibility index (Phi) is 2.39. The third-order valence-corrected chi connectivity index (χ3v) is 4.50. The summed E-state index contributed by atoms with van der Waals surface area (Å²) in [6.07, 6.45) is 2.06. The fourth-order valence-electron chi connectivity index (χ4n) is 1.86. The standard InChI is InChI=1S/C12H15NO2Si/c1-16(2,3)13-7-6-9-8-10(12(14)15)4-5-11(9)13/h4-8H,1-3H3,(H,14,15). The summed E-state index contributed by atoms with van der Waals surface area (Å²) in [5.74, 6) is -0.873. The highest BCUT2D eigenvalue weighted by Gasteiger charge is 2.18. The van der Waals surface area contributed by atoms with E-state index in [1.807, 2.05) is 12.1 Å². The fourth-order valence-corrected chi connectivity index (χ4v) is 3.31. The zero-order valence-corrected chi connectivity index (χ0v) is 10.7. The zero-order chi connectivity index (χ0) is 11.9. The maximum Gasteiger partial charge on any atom is 0.335 e. The Morgan fingerprint density at radius 1 is 1.25 bits per heavy atom. The molecule has 1 aromatic heterocycles. The molecule has 0 amide bonds. The fraction of sp³-hybridized carbons (Fsp3) is 0.250. The number of carbonyl (C=O) groups is 1. The van der Waals surface area contributed by atoms with Gasteiger partial charge in [0.15, 0.2) is 8.24 Å². The molecule has 1 aromatic carbocycles. The van der Waals surface area contributed by atoms with Crippen molar-refractivity contribution in [3.8, 4) is 0 Å². The van der Waals surface area contributed by atoms with Crippen molar-refractivity contribution in [2.75, 3.05) is 0 Å². The highest BCUT2D eigenvalue weighted by atomic mass is 28.3. The van der Waals surface area contributed by atoms with Gasteiger partial charge in [-0.1, -0.05) is 19.6 Å². The van der Waals surface area contributed by atoms with Crippen LogP contribution >= 0.6 is 0 Å². The van der Waals surface area contributed by atoms with Gasteiger partial charge in [0.2, 0.25) is 0 Å². The first kappa shape index (κ1) is 10.9. The van der Waals surface area contributed by atoms with Crippen molar-refractivity contribution in [2.24, 2.45) is 0 Å². The molecule has 1 N–H and O–H groups in total. The second-order valence-electron chi connectivity index (χ2n) is 4.94. The van der Waals surface area contributed by atoms with E-state index in [9.17, 15) is 4.79 Å². The predicted molar refractivity (Wildman–Crippen MR) is 67.6 cm³/mol. The quantitative estimate of drug-likeness (QED) is 0.810. The van der Waals surface area contributed by atoms with Crippen LogP contribution in [-0.4, -0.2) is 23.5 Å². The van der Waals surface area contributed by atoms with Crippen LogP contribution < -0.4 is 0 Å². The van der Waals surface area contributed by atoms with E-state index in [2.05, 4.69) is 30.1 Å². The lowest BCUT2D eigenvalue weighted by Gasteiger charge is -2.20. The molecule has 84 valence electrons. The number of aromatic nitrogens is 1. The first-order valence-corrected chi connectivity index (χ1v) is 8.69. The molecule has 0 radical (unpaired) electrons. The van der Waals surface area contributed by atoms with Crippen LogP contribution in [0, 0.1) is 0 Å². The van der Waals surface area contributed by atoms with Crippen LogP contribution in [0.2, 0.25) is 19.6 Å². The number of benzene rings is 1. The zero-order valence-electron chi connectivity index (χ0n) is 9.69. The van der Waals surface area contributed by atoms with Gasteiger partial charge < -0.3 is 9.34 Å². The minimum absolute atomic E-state index is 0.348. The molecule has 0 aliphatic heterocycles. The first-order valence-electron chi connectivity index (χ1n) is 5.24. The Labute approximate surface area is 95.4 Å². The molecular weight excluding hydrogens is 218 g/mol. The maximum absolute atomic E-state index is 10.9. The second kappa shape index (κ2) is 3.49. The molecule has 2 rings (SSSR count). The van der Waals surface area contributed by atoms with Crippen molar-refractivity contribution >= 4 is 25.1 Å². The van der Waals surface area contributed by atoms with Crippen molar-refractivity contribution in [3.63, 3.8) is 0 Å². The van der Waals surface area contributed by atoms with Crippen LogP contribution in [0.3, 0.4) is 0 Å². The van der Waals surface area contributed by atoms with Crippen LogP contribution in [0.5, 0.6) is 0 Å². The van der Waals surface area contributed by atoms with Crippen molar-refractivity contribution < 1.29 is 9.90 Å². The predicted octanol–water partition coefficient (Wildman–Crippen LogP) is 3.02. The minimum atomic E-state index is -1.42. The van der Waals surface area contributed by atoms with Crippen molar-refractivity contribution in [1.82, 2.24) is 4.23 Å². The molecule has 0 aliphatic rings. The van der Waals surface area contributed by atoms with Gasteiger partial charge >= 0.3 is 5.97 Å². The molecule has 3 nitrogen and oxygen atoms in total. The summed E-state index contributed by atoms with van der Waals surface area (Å²) in [4.78, 5) is 10.9. The lowest BCUT2D eigenvalue weighted by atomic mass is 10.1. The third kappa shape index (κ3) is 1.76. The summed E-state index contributed by atoms with van der Waals surface area (Å²) in [5.41, 5.74) is 1.48. The highest BCUT2D eigenvalue weighted by Crippen LogP contribution is 2.21.